The van der Waals surface area contributed by atoms with E-state index in [1.807, 2.05) is 33.8 Å². The highest BCUT2D eigenvalue weighted by Crippen LogP contribution is 2.36. The summed E-state index contributed by atoms with van der Waals surface area (Å²) in [5.41, 5.74) is 0.692. The van der Waals surface area contributed by atoms with Crippen LogP contribution < -0.4 is 5.46 Å². The summed E-state index contributed by atoms with van der Waals surface area (Å²) in [6.45, 7) is 8.48. The van der Waals surface area contributed by atoms with Crippen molar-refractivity contribution in [3.05, 3.63) is 24.0 Å². The first-order valence-corrected chi connectivity index (χ1v) is 8.48. The molecule has 0 saturated carbocycles. The zero-order chi connectivity index (χ0) is 18.3. The fourth-order valence-corrected chi connectivity index (χ4v) is 2.83. The molecular weight excluding hydrogens is 325 g/mol. The topological polar surface area (TPSA) is 34.6 Å². The molecule has 2 saturated heterocycles. The van der Waals surface area contributed by atoms with E-state index in [4.69, 9.17) is 9.31 Å². The number of aromatic nitrogens is 1. The normalized spacial score (nSPS) is 24.2. The van der Waals surface area contributed by atoms with Crippen molar-refractivity contribution in [1.29, 1.82) is 0 Å². The Morgan fingerprint density at radius 2 is 1.88 bits per heavy atom. The van der Waals surface area contributed by atoms with E-state index < -0.39 is 24.2 Å². The molecule has 134 valence electrons. The summed E-state index contributed by atoms with van der Waals surface area (Å²) in [7, 11) is -0.489. The molecular formula is C18H23BF2N2O2. The Kier molecular flexibility index (Phi) is 4.65. The fourth-order valence-electron chi connectivity index (χ4n) is 2.83. The van der Waals surface area contributed by atoms with Crippen molar-refractivity contribution in [3.63, 3.8) is 0 Å². The monoisotopic (exact) mass is 348 g/mol. The van der Waals surface area contributed by atoms with Crippen LogP contribution in [-0.2, 0) is 9.31 Å². The highest BCUT2D eigenvalue weighted by Gasteiger charge is 2.51. The van der Waals surface area contributed by atoms with Gasteiger partial charge in [0.2, 0.25) is 0 Å². The third-order valence-electron chi connectivity index (χ3n) is 5.07. The Morgan fingerprint density at radius 1 is 1.20 bits per heavy atom. The number of hydrogen-bond acceptors (Lipinski definition) is 4. The number of rotatable bonds is 2. The third-order valence-corrected chi connectivity index (χ3v) is 5.07. The summed E-state index contributed by atoms with van der Waals surface area (Å²) < 4.78 is 38.4. The van der Waals surface area contributed by atoms with Crippen molar-refractivity contribution >= 4 is 12.6 Å². The van der Waals surface area contributed by atoms with Crippen LogP contribution in [0, 0.1) is 11.8 Å². The molecule has 0 amide bonds. The number of hydrogen-bond donors (Lipinski definition) is 0. The van der Waals surface area contributed by atoms with Crippen molar-refractivity contribution in [2.24, 2.45) is 0 Å². The molecule has 0 aromatic carbocycles. The minimum atomic E-state index is -2.58. The summed E-state index contributed by atoms with van der Waals surface area (Å²) >= 11 is 0. The lowest BCUT2D eigenvalue weighted by molar-refractivity contribution is 0.00578. The molecule has 2 aliphatic rings. The molecule has 0 N–H and O–H groups in total. The van der Waals surface area contributed by atoms with Gasteiger partial charge in [-0.05, 0) is 33.8 Å². The van der Waals surface area contributed by atoms with Crippen LogP contribution in [0.15, 0.2) is 18.5 Å². The van der Waals surface area contributed by atoms with Crippen molar-refractivity contribution in [1.82, 2.24) is 9.88 Å². The highest BCUT2D eigenvalue weighted by atomic mass is 19.3. The van der Waals surface area contributed by atoms with Gasteiger partial charge >= 0.3 is 7.12 Å². The van der Waals surface area contributed by atoms with E-state index in [1.54, 1.807) is 17.3 Å². The second-order valence-electron chi connectivity index (χ2n) is 7.71. The second-order valence-corrected chi connectivity index (χ2v) is 7.71. The Balaban J connectivity index is 1.66. The Labute approximate surface area is 148 Å². The highest BCUT2D eigenvalue weighted by molar-refractivity contribution is 6.62. The van der Waals surface area contributed by atoms with E-state index in [2.05, 4.69) is 16.8 Å². The molecule has 7 heteroatoms. The zero-order valence-electron chi connectivity index (χ0n) is 15.1. The maximum atomic E-state index is 13.2. The SMILES string of the molecule is CC1(C)OB(c2cncc(C#CCN3CCC(F)(F)C3)c2)OC1(C)C. The lowest BCUT2D eigenvalue weighted by Crippen LogP contribution is -2.41. The first kappa shape index (κ1) is 18.3. The van der Waals surface area contributed by atoms with Crippen LogP contribution in [-0.4, -0.2) is 53.8 Å². The predicted molar refractivity (Wildman–Crippen MR) is 92.8 cm³/mol. The number of alkyl halides is 2. The maximum absolute atomic E-state index is 13.2. The van der Waals surface area contributed by atoms with Crippen molar-refractivity contribution in [2.45, 2.75) is 51.2 Å². The standard InChI is InChI=1S/C18H23BF2N2O2/c1-16(2)17(3,4)25-19(24-16)15-10-14(11-22-12-15)6-5-8-23-9-7-18(20,21)13-23/h10-12H,7-9,13H2,1-4H3. The smallest absolute Gasteiger partial charge is 0.399 e. The number of pyridine rings is 1. The van der Waals surface area contributed by atoms with Gasteiger partial charge in [0.25, 0.3) is 5.92 Å². The molecule has 0 unspecified atom stereocenters. The van der Waals surface area contributed by atoms with Gasteiger partial charge in [-0.2, -0.15) is 0 Å². The van der Waals surface area contributed by atoms with Gasteiger partial charge in [0.1, 0.15) is 0 Å². The van der Waals surface area contributed by atoms with Gasteiger partial charge in [-0.15, -0.1) is 0 Å². The Morgan fingerprint density at radius 3 is 2.48 bits per heavy atom. The van der Waals surface area contributed by atoms with E-state index in [0.29, 0.717) is 13.1 Å². The van der Waals surface area contributed by atoms with Gasteiger partial charge in [0, 0.05) is 36.4 Å². The van der Waals surface area contributed by atoms with E-state index in [1.165, 1.54) is 0 Å². The minimum absolute atomic E-state index is 0.0896. The van der Waals surface area contributed by atoms with E-state index >= 15 is 0 Å². The van der Waals surface area contributed by atoms with Gasteiger partial charge in [-0.3, -0.25) is 9.88 Å². The molecule has 2 aliphatic heterocycles. The zero-order valence-corrected chi connectivity index (χ0v) is 15.1. The van der Waals surface area contributed by atoms with Gasteiger partial charge in [-0.25, -0.2) is 8.78 Å². The lowest BCUT2D eigenvalue weighted by Gasteiger charge is -2.32. The quantitative estimate of drug-likeness (QED) is 0.606. The van der Waals surface area contributed by atoms with Crippen molar-refractivity contribution in [3.8, 4) is 11.8 Å². The average Bonchev–Trinajstić information content (AvgIpc) is 2.95. The van der Waals surface area contributed by atoms with Crippen LogP contribution in [0.25, 0.3) is 0 Å². The fraction of sp³-hybridized carbons (Fsp3) is 0.611. The van der Waals surface area contributed by atoms with Crippen LogP contribution in [0.3, 0.4) is 0 Å². The summed E-state index contributed by atoms with van der Waals surface area (Å²) in [4.78, 5) is 5.87. The number of nitrogens with zero attached hydrogens (tertiary/aromatic N) is 2. The molecule has 3 heterocycles. The van der Waals surface area contributed by atoms with Crippen LogP contribution in [0.5, 0.6) is 0 Å². The first-order valence-electron chi connectivity index (χ1n) is 8.48. The summed E-state index contributed by atoms with van der Waals surface area (Å²) in [6, 6.07) is 1.88. The molecule has 3 rings (SSSR count). The molecule has 1 aromatic heterocycles. The molecule has 0 radical (unpaired) electrons. The van der Waals surface area contributed by atoms with E-state index in [9.17, 15) is 8.78 Å². The maximum Gasteiger partial charge on any atom is 0.496 e. The second kappa shape index (κ2) is 6.35. The van der Waals surface area contributed by atoms with Gasteiger partial charge in [0.15, 0.2) is 0 Å². The van der Waals surface area contributed by atoms with Crippen LogP contribution >= 0.6 is 0 Å². The van der Waals surface area contributed by atoms with Crippen molar-refractivity contribution < 1.29 is 18.1 Å². The third kappa shape index (κ3) is 4.03. The van der Waals surface area contributed by atoms with Crippen LogP contribution in [0.4, 0.5) is 8.78 Å². The largest absolute Gasteiger partial charge is 0.496 e. The summed E-state index contributed by atoms with van der Waals surface area (Å²) in [5, 5.41) is 0. The number of likely N-dealkylation sites (tertiary alicyclic amines) is 1. The van der Waals surface area contributed by atoms with Crippen LogP contribution in [0.2, 0.25) is 0 Å². The van der Waals surface area contributed by atoms with E-state index in [0.717, 1.165) is 11.0 Å². The van der Waals surface area contributed by atoms with Crippen molar-refractivity contribution in [2.75, 3.05) is 19.6 Å². The average molecular weight is 348 g/mol. The molecule has 0 atom stereocenters. The van der Waals surface area contributed by atoms with Crippen LogP contribution in [0.1, 0.15) is 39.7 Å². The lowest BCUT2D eigenvalue weighted by atomic mass is 9.80. The Hall–Kier alpha value is -1.49. The first-order chi connectivity index (χ1) is 11.6. The molecule has 4 nitrogen and oxygen atoms in total. The summed E-state index contributed by atoms with van der Waals surface area (Å²) in [5.74, 6) is 3.36. The molecule has 0 aliphatic carbocycles. The Bertz CT molecular complexity index is 697. The minimum Gasteiger partial charge on any atom is -0.399 e. The molecule has 1 aromatic rings. The van der Waals surface area contributed by atoms with Gasteiger partial charge in [0.05, 0.1) is 24.3 Å². The molecule has 25 heavy (non-hydrogen) atoms. The van der Waals surface area contributed by atoms with Gasteiger partial charge in [-0.1, -0.05) is 11.8 Å². The van der Waals surface area contributed by atoms with Gasteiger partial charge < -0.3 is 9.31 Å². The number of halogens is 2. The van der Waals surface area contributed by atoms with E-state index in [-0.39, 0.29) is 13.0 Å². The molecule has 0 bridgehead atoms. The summed E-state index contributed by atoms with van der Waals surface area (Å²) in [6.07, 6.45) is 3.27. The predicted octanol–water partition coefficient (Wildman–Crippen LogP) is 2.07. The molecule has 2 fully saturated rings. The molecule has 0 spiro atoms.